The highest BCUT2D eigenvalue weighted by molar-refractivity contribution is 9.10. The summed E-state index contributed by atoms with van der Waals surface area (Å²) >= 11 is 9.77. The second-order valence-electron chi connectivity index (χ2n) is 6.28. The molecule has 0 radical (unpaired) electrons. The van der Waals surface area contributed by atoms with E-state index in [1.807, 2.05) is 37.3 Å². The number of fused-ring (bicyclic) bond motifs is 1. The minimum absolute atomic E-state index is 0.258. The third kappa shape index (κ3) is 3.27. The van der Waals surface area contributed by atoms with Gasteiger partial charge in [-0.05, 0) is 76.4 Å². The van der Waals surface area contributed by atoms with Crippen LogP contribution in [0.4, 0.5) is 4.39 Å². The predicted molar refractivity (Wildman–Crippen MR) is 107 cm³/mol. The summed E-state index contributed by atoms with van der Waals surface area (Å²) in [6.07, 6.45) is 2.74. The van der Waals surface area contributed by atoms with Gasteiger partial charge in [-0.2, -0.15) is 0 Å². The zero-order valence-electron chi connectivity index (χ0n) is 14.0. The van der Waals surface area contributed by atoms with E-state index in [1.165, 1.54) is 12.1 Å². The van der Waals surface area contributed by atoms with Gasteiger partial charge in [0.15, 0.2) is 5.65 Å². The lowest BCUT2D eigenvalue weighted by atomic mass is 10.0. The molecule has 4 aromatic rings. The molecular formula is C21H15BrClFN2. The zero-order chi connectivity index (χ0) is 18.3. The Balaban J connectivity index is 1.95. The normalized spacial score (nSPS) is 11.2. The van der Waals surface area contributed by atoms with E-state index in [2.05, 4.69) is 26.5 Å². The van der Waals surface area contributed by atoms with Crippen LogP contribution >= 0.6 is 27.5 Å². The summed E-state index contributed by atoms with van der Waals surface area (Å²) in [5.41, 5.74) is 5.83. The Bertz CT molecular complexity index is 1100. The molecule has 0 aliphatic rings. The van der Waals surface area contributed by atoms with E-state index in [4.69, 9.17) is 16.6 Å². The number of rotatable bonds is 3. The summed E-state index contributed by atoms with van der Waals surface area (Å²) in [6.45, 7) is 2.05. The molecule has 0 unspecified atom stereocenters. The van der Waals surface area contributed by atoms with Crippen molar-refractivity contribution in [2.45, 2.75) is 13.3 Å². The van der Waals surface area contributed by atoms with Crippen LogP contribution in [0.5, 0.6) is 0 Å². The van der Waals surface area contributed by atoms with Crippen LogP contribution in [0.15, 0.2) is 65.3 Å². The number of nitrogens with zero attached hydrogens (tertiary/aromatic N) is 2. The van der Waals surface area contributed by atoms with Crippen LogP contribution < -0.4 is 0 Å². The maximum absolute atomic E-state index is 13.4. The van der Waals surface area contributed by atoms with Crippen molar-refractivity contribution in [2.24, 2.45) is 0 Å². The lowest BCUT2D eigenvalue weighted by molar-refractivity contribution is 0.628. The van der Waals surface area contributed by atoms with Crippen molar-refractivity contribution in [2.75, 3.05) is 0 Å². The lowest BCUT2D eigenvalue weighted by Gasteiger charge is -2.08. The number of aryl methyl sites for hydroxylation is 1. The Kier molecular flexibility index (Phi) is 4.55. The first-order valence-corrected chi connectivity index (χ1v) is 9.36. The van der Waals surface area contributed by atoms with Gasteiger partial charge in [0, 0.05) is 23.2 Å². The predicted octanol–water partition coefficient (Wildman–Crippen LogP) is 6.46. The molecule has 130 valence electrons. The number of benzene rings is 2. The van der Waals surface area contributed by atoms with Crippen molar-refractivity contribution in [3.05, 3.63) is 92.9 Å². The van der Waals surface area contributed by atoms with E-state index in [0.717, 1.165) is 38.2 Å². The summed E-state index contributed by atoms with van der Waals surface area (Å²) in [5, 5.41) is 0.706. The largest absolute Gasteiger partial charge is 0.302 e. The molecule has 0 bridgehead atoms. The quantitative estimate of drug-likeness (QED) is 0.365. The number of hydrogen-bond acceptors (Lipinski definition) is 1. The van der Waals surface area contributed by atoms with E-state index >= 15 is 0 Å². The standard InChI is InChI=1S/C21H15BrClFN2/c1-13-9-18(22)21-25-20(15-5-7-17(24)8-6-15)19(26(21)12-13)11-14-3-2-4-16(23)10-14/h2-10,12H,11H2,1H3. The van der Waals surface area contributed by atoms with Crippen molar-refractivity contribution >= 4 is 33.2 Å². The number of pyridine rings is 1. The van der Waals surface area contributed by atoms with E-state index in [9.17, 15) is 4.39 Å². The minimum Gasteiger partial charge on any atom is -0.302 e. The molecule has 2 aromatic heterocycles. The summed E-state index contributed by atoms with van der Waals surface area (Å²) in [4.78, 5) is 4.83. The molecule has 0 atom stereocenters. The monoisotopic (exact) mass is 428 g/mol. The van der Waals surface area contributed by atoms with Crippen molar-refractivity contribution in [1.29, 1.82) is 0 Å². The van der Waals surface area contributed by atoms with Crippen LogP contribution in [0.3, 0.4) is 0 Å². The summed E-state index contributed by atoms with van der Waals surface area (Å²) < 4.78 is 16.4. The summed E-state index contributed by atoms with van der Waals surface area (Å²) in [5.74, 6) is -0.258. The molecule has 0 saturated heterocycles. The number of hydrogen-bond donors (Lipinski definition) is 0. The van der Waals surface area contributed by atoms with E-state index < -0.39 is 0 Å². The molecule has 2 heterocycles. The Morgan fingerprint density at radius 2 is 1.88 bits per heavy atom. The number of aromatic nitrogens is 2. The first kappa shape index (κ1) is 17.3. The van der Waals surface area contributed by atoms with Gasteiger partial charge in [0.25, 0.3) is 0 Å². The molecule has 0 amide bonds. The van der Waals surface area contributed by atoms with Gasteiger partial charge in [0.2, 0.25) is 0 Å². The molecule has 0 N–H and O–H groups in total. The smallest absolute Gasteiger partial charge is 0.152 e. The topological polar surface area (TPSA) is 17.3 Å². The van der Waals surface area contributed by atoms with Gasteiger partial charge in [-0.25, -0.2) is 9.37 Å². The molecule has 0 fully saturated rings. The summed E-state index contributed by atoms with van der Waals surface area (Å²) in [7, 11) is 0. The fourth-order valence-corrected chi connectivity index (χ4v) is 3.98. The van der Waals surface area contributed by atoms with Crippen LogP contribution in [0.2, 0.25) is 5.02 Å². The molecular weight excluding hydrogens is 415 g/mol. The van der Waals surface area contributed by atoms with Gasteiger partial charge in [-0.3, -0.25) is 0 Å². The van der Waals surface area contributed by atoms with Crippen LogP contribution in [0.25, 0.3) is 16.9 Å². The average Bonchev–Trinajstić information content (AvgIpc) is 2.94. The first-order valence-electron chi connectivity index (χ1n) is 8.19. The first-order chi connectivity index (χ1) is 12.5. The molecule has 0 aliphatic heterocycles. The minimum atomic E-state index is -0.258. The Hall–Kier alpha value is -2.17. The number of halogens is 3. The van der Waals surface area contributed by atoms with Crippen molar-refractivity contribution < 1.29 is 4.39 Å². The molecule has 5 heteroatoms. The Labute approximate surface area is 164 Å². The van der Waals surface area contributed by atoms with Crippen molar-refractivity contribution in [3.8, 4) is 11.3 Å². The van der Waals surface area contributed by atoms with Gasteiger partial charge in [-0.1, -0.05) is 23.7 Å². The van der Waals surface area contributed by atoms with Crippen LogP contribution in [0, 0.1) is 12.7 Å². The van der Waals surface area contributed by atoms with Gasteiger partial charge >= 0.3 is 0 Å². The van der Waals surface area contributed by atoms with Crippen LogP contribution in [-0.2, 0) is 6.42 Å². The third-order valence-electron chi connectivity index (χ3n) is 4.29. The lowest BCUT2D eigenvalue weighted by Crippen LogP contribution is -1.98. The highest BCUT2D eigenvalue weighted by atomic mass is 79.9. The van der Waals surface area contributed by atoms with Crippen molar-refractivity contribution in [3.63, 3.8) is 0 Å². The maximum atomic E-state index is 13.4. The third-order valence-corrected chi connectivity index (χ3v) is 5.11. The molecule has 2 nitrogen and oxygen atoms in total. The highest BCUT2D eigenvalue weighted by Crippen LogP contribution is 2.30. The van der Waals surface area contributed by atoms with E-state index in [-0.39, 0.29) is 5.82 Å². The SMILES string of the molecule is Cc1cc(Br)c2nc(-c3ccc(F)cc3)c(Cc3cccc(Cl)c3)n2c1. The van der Waals surface area contributed by atoms with Crippen LogP contribution in [-0.4, -0.2) is 9.38 Å². The fraction of sp³-hybridized carbons (Fsp3) is 0.0952. The van der Waals surface area contributed by atoms with Crippen molar-refractivity contribution in [1.82, 2.24) is 9.38 Å². The van der Waals surface area contributed by atoms with E-state index in [1.54, 1.807) is 12.1 Å². The number of imidazole rings is 1. The highest BCUT2D eigenvalue weighted by Gasteiger charge is 2.17. The molecule has 4 rings (SSSR count). The van der Waals surface area contributed by atoms with Gasteiger partial charge in [0.1, 0.15) is 5.82 Å². The van der Waals surface area contributed by atoms with Gasteiger partial charge in [-0.15, -0.1) is 0 Å². The average molecular weight is 430 g/mol. The molecule has 0 spiro atoms. The molecule has 2 aromatic carbocycles. The van der Waals surface area contributed by atoms with Crippen LogP contribution in [0.1, 0.15) is 16.8 Å². The maximum Gasteiger partial charge on any atom is 0.152 e. The van der Waals surface area contributed by atoms with Gasteiger partial charge in [0.05, 0.1) is 15.9 Å². The second-order valence-corrected chi connectivity index (χ2v) is 7.57. The van der Waals surface area contributed by atoms with E-state index in [0.29, 0.717) is 11.4 Å². The second kappa shape index (κ2) is 6.86. The molecule has 0 aliphatic carbocycles. The zero-order valence-corrected chi connectivity index (χ0v) is 16.4. The molecule has 0 saturated carbocycles. The fourth-order valence-electron chi connectivity index (χ4n) is 3.13. The Morgan fingerprint density at radius 1 is 1.12 bits per heavy atom. The summed E-state index contributed by atoms with van der Waals surface area (Å²) in [6, 6.07) is 16.3. The van der Waals surface area contributed by atoms with Gasteiger partial charge < -0.3 is 4.40 Å². The Morgan fingerprint density at radius 3 is 2.62 bits per heavy atom. The molecule has 26 heavy (non-hydrogen) atoms.